The van der Waals surface area contributed by atoms with Crippen LogP contribution in [-0.4, -0.2) is 59.9 Å². The fourth-order valence-corrected chi connectivity index (χ4v) is 3.68. The summed E-state index contributed by atoms with van der Waals surface area (Å²) in [6, 6.07) is 2.52. The Kier molecular flexibility index (Phi) is 4.58. The van der Waals surface area contributed by atoms with Gasteiger partial charge in [-0.05, 0) is 32.6 Å². The second-order valence-corrected chi connectivity index (χ2v) is 7.19. The lowest BCUT2D eigenvalue weighted by Gasteiger charge is -2.39. The number of hydrogen-bond acceptors (Lipinski definition) is 4. The highest BCUT2D eigenvalue weighted by atomic mass is 16.2. The maximum atomic E-state index is 12.7. The van der Waals surface area contributed by atoms with E-state index in [1.165, 1.54) is 0 Å². The zero-order valence-electron chi connectivity index (χ0n) is 13.9. The second-order valence-electron chi connectivity index (χ2n) is 7.19. The van der Waals surface area contributed by atoms with Crippen molar-refractivity contribution in [3.63, 3.8) is 0 Å². The molecule has 3 fully saturated rings. The summed E-state index contributed by atoms with van der Waals surface area (Å²) in [6.45, 7) is 4.56. The van der Waals surface area contributed by atoms with Gasteiger partial charge in [-0.2, -0.15) is 5.26 Å². The Bertz CT molecular complexity index is 509. The Labute approximate surface area is 137 Å². The first-order chi connectivity index (χ1) is 11.1. The van der Waals surface area contributed by atoms with Crippen LogP contribution in [0.1, 0.15) is 45.4 Å². The van der Waals surface area contributed by atoms with Gasteiger partial charge in [0.25, 0.3) is 0 Å². The zero-order valence-corrected chi connectivity index (χ0v) is 13.9. The SMILES string of the molecule is CC(C(=O)NC1CC1)N1CCN(C(=O)C2(C#N)CCCC2)CC1. The molecule has 1 aliphatic heterocycles. The quantitative estimate of drug-likeness (QED) is 0.835. The van der Waals surface area contributed by atoms with Crippen molar-refractivity contribution >= 4 is 11.8 Å². The standard InChI is InChI=1S/C17H26N4O2/c1-13(15(22)19-14-4-5-14)20-8-10-21(11-9-20)16(23)17(12-18)6-2-3-7-17/h13-14H,2-11H2,1H3,(H,19,22). The lowest BCUT2D eigenvalue weighted by molar-refractivity contribution is -0.141. The molecule has 2 aliphatic carbocycles. The molecule has 0 spiro atoms. The van der Waals surface area contributed by atoms with E-state index < -0.39 is 5.41 Å². The van der Waals surface area contributed by atoms with Gasteiger partial charge in [0, 0.05) is 32.2 Å². The molecule has 2 amide bonds. The van der Waals surface area contributed by atoms with Gasteiger partial charge in [-0.1, -0.05) is 12.8 Å². The van der Waals surface area contributed by atoms with E-state index in [2.05, 4.69) is 16.3 Å². The molecule has 0 radical (unpaired) electrons. The van der Waals surface area contributed by atoms with E-state index in [0.29, 0.717) is 45.1 Å². The van der Waals surface area contributed by atoms with E-state index in [9.17, 15) is 14.9 Å². The highest BCUT2D eigenvalue weighted by Crippen LogP contribution is 2.39. The molecule has 0 aromatic carbocycles. The van der Waals surface area contributed by atoms with Crippen molar-refractivity contribution in [1.82, 2.24) is 15.1 Å². The average molecular weight is 318 g/mol. The Hall–Kier alpha value is -1.61. The highest BCUT2D eigenvalue weighted by Gasteiger charge is 2.44. The highest BCUT2D eigenvalue weighted by molar-refractivity contribution is 5.86. The van der Waals surface area contributed by atoms with Crippen LogP contribution in [0, 0.1) is 16.7 Å². The monoisotopic (exact) mass is 318 g/mol. The van der Waals surface area contributed by atoms with Gasteiger partial charge in [0.1, 0.15) is 5.41 Å². The van der Waals surface area contributed by atoms with Gasteiger partial charge in [-0.3, -0.25) is 14.5 Å². The minimum Gasteiger partial charge on any atom is -0.352 e. The number of rotatable bonds is 4. The van der Waals surface area contributed by atoms with Crippen LogP contribution in [0.25, 0.3) is 0 Å². The van der Waals surface area contributed by atoms with Crippen molar-refractivity contribution in [1.29, 1.82) is 5.26 Å². The van der Waals surface area contributed by atoms with Gasteiger partial charge >= 0.3 is 0 Å². The summed E-state index contributed by atoms with van der Waals surface area (Å²) < 4.78 is 0. The van der Waals surface area contributed by atoms with Crippen LogP contribution in [-0.2, 0) is 9.59 Å². The largest absolute Gasteiger partial charge is 0.352 e. The van der Waals surface area contributed by atoms with Crippen molar-refractivity contribution in [3.8, 4) is 6.07 Å². The molecule has 1 unspecified atom stereocenters. The fraction of sp³-hybridized carbons (Fsp3) is 0.824. The summed E-state index contributed by atoms with van der Waals surface area (Å²) in [5.74, 6) is 0.101. The van der Waals surface area contributed by atoms with Crippen molar-refractivity contribution in [2.75, 3.05) is 26.2 Å². The van der Waals surface area contributed by atoms with E-state index in [1.807, 2.05) is 11.8 Å². The minimum atomic E-state index is -0.781. The molecule has 3 rings (SSSR count). The molecule has 6 nitrogen and oxygen atoms in total. The Morgan fingerprint density at radius 1 is 1.17 bits per heavy atom. The molecule has 23 heavy (non-hydrogen) atoms. The number of carbonyl (C=O) groups excluding carboxylic acids is 2. The second kappa shape index (κ2) is 6.48. The third-order valence-electron chi connectivity index (χ3n) is 5.53. The van der Waals surface area contributed by atoms with E-state index >= 15 is 0 Å². The smallest absolute Gasteiger partial charge is 0.243 e. The molecule has 1 heterocycles. The zero-order chi connectivity index (χ0) is 16.4. The molecular weight excluding hydrogens is 292 g/mol. The summed E-state index contributed by atoms with van der Waals surface area (Å²) in [6.07, 6.45) is 5.52. The Morgan fingerprint density at radius 3 is 2.30 bits per heavy atom. The lowest BCUT2D eigenvalue weighted by Crippen LogP contribution is -2.57. The summed E-state index contributed by atoms with van der Waals surface area (Å²) in [7, 11) is 0. The molecule has 0 aromatic heterocycles. The number of nitriles is 1. The van der Waals surface area contributed by atoms with Crippen LogP contribution in [0.5, 0.6) is 0 Å². The number of nitrogens with zero attached hydrogens (tertiary/aromatic N) is 3. The van der Waals surface area contributed by atoms with Gasteiger partial charge < -0.3 is 10.2 Å². The predicted octanol–water partition coefficient (Wildman–Crippen LogP) is 0.882. The third kappa shape index (κ3) is 3.35. The molecule has 0 aromatic rings. The van der Waals surface area contributed by atoms with E-state index in [4.69, 9.17) is 0 Å². The van der Waals surface area contributed by atoms with Crippen molar-refractivity contribution in [2.24, 2.45) is 5.41 Å². The van der Waals surface area contributed by atoms with Crippen LogP contribution in [0.3, 0.4) is 0 Å². The Balaban J connectivity index is 1.52. The summed E-state index contributed by atoms with van der Waals surface area (Å²) in [5, 5.41) is 12.5. The summed E-state index contributed by atoms with van der Waals surface area (Å²) in [5.41, 5.74) is -0.781. The molecule has 1 atom stereocenters. The number of nitrogens with one attached hydrogen (secondary N) is 1. The first-order valence-corrected chi connectivity index (χ1v) is 8.81. The maximum Gasteiger partial charge on any atom is 0.243 e. The summed E-state index contributed by atoms with van der Waals surface area (Å²) in [4.78, 5) is 28.8. The van der Waals surface area contributed by atoms with Gasteiger partial charge in [-0.25, -0.2) is 0 Å². The number of carbonyl (C=O) groups is 2. The third-order valence-corrected chi connectivity index (χ3v) is 5.53. The molecule has 0 bridgehead atoms. The molecule has 126 valence electrons. The van der Waals surface area contributed by atoms with Crippen LogP contribution >= 0.6 is 0 Å². The van der Waals surface area contributed by atoms with Crippen molar-refractivity contribution in [3.05, 3.63) is 0 Å². The van der Waals surface area contributed by atoms with Crippen molar-refractivity contribution < 1.29 is 9.59 Å². The van der Waals surface area contributed by atoms with Crippen LogP contribution < -0.4 is 5.32 Å². The molecule has 6 heteroatoms. The normalized spacial score (nSPS) is 25.7. The first-order valence-electron chi connectivity index (χ1n) is 8.81. The average Bonchev–Trinajstić information content (AvgIpc) is 3.26. The lowest BCUT2D eigenvalue weighted by atomic mass is 9.86. The van der Waals surface area contributed by atoms with Crippen LogP contribution in [0.2, 0.25) is 0 Å². The predicted molar refractivity (Wildman–Crippen MR) is 85.3 cm³/mol. The maximum absolute atomic E-state index is 12.7. The van der Waals surface area contributed by atoms with Crippen LogP contribution in [0.4, 0.5) is 0 Å². The molecular formula is C17H26N4O2. The van der Waals surface area contributed by atoms with Gasteiger partial charge in [0.15, 0.2) is 0 Å². The number of amides is 2. The van der Waals surface area contributed by atoms with E-state index in [-0.39, 0.29) is 17.9 Å². The first kappa shape index (κ1) is 16.3. The fourth-order valence-electron chi connectivity index (χ4n) is 3.68. The topological polar surface area (TPSA) is 76.4 Å². The Morgan fingerprint density at radius 2 is 1.78 bits per heavy atom. The summed E-state index contributed by atoms with van der Waals surface area (Å²) >= 11 is 0. The van der Waals surface area contributed by atoms with Crippen molar-refractivity contribution in [2.45, 2.75) is 57.5 Å². The van der Waals surface area contributed by atoms with Gasteiger partial charge in [-0.15, -0.1) is 0 Å². The van der Waals surface area contributed by atoms with Crippen LogP contribution in [0.15, 0.2) is 0 Å². The van der Waals surface area contributed by atoms with Gasteiger partial charge in [0.2, 0.25) is 11.8 Å². The van der Waals surface area contributed by atoms with Gasteiger partial charge in [0.05, 0.1) is 12.1 Å². The molecule has 2 saturated carbocycles. The molecule has 1 N–H and O–H groups in total. The molecule has 1 saturated heterocycles. The molecule has 3 aliphatic rings. The van der Waals surface area contributed by atoms with E-state index in [1.54, 1.807) is 0 Å². The van der Waals surface area contributed by atoms with E-state index in [0.717, 1.165) is 25.7 Å². The number of piperazine rings is 1. The number of hydrogen-bond donors (Lipinski definition) is 1. The minimum absolute atomic E-state index is 0.00670.